The van der Waals surface area contributed by atoms with E-state index in [1.807, 2.05) is 32.9 Å². The first kappa shape index (κ1) is 26.0. The number of oxime groups is 1. The minimum atomic E-state index is -0.947. The molecule has 3 heterocycles. The van der Waals surface area contributed by atoms with Gasteiger partial charge in [0.1, 0.15) is 17.9 Å². The van der Waals surface area contributed by atoms with Crippen LogP contribution in [0.5, 0.6) is 0 Å². The molecule has 1 amide bonds. The van der Waals surface area contributed by atoms with E-state index in [0.717, 1.165) is 63.3 Å². The maximum absolute atomic E-state index is 13.8. The van der Waals surface area contributed by atoms with E-state index in [9.17, 15) is 13.6 Å². The Kier molecular flexibility index (Phi) is 7.59. The molecule has 194 valence electrons. The van der Waals surface area contributed by atoms with Gasteiger partial charge in [-0.15, -0.1) is 0 Å². The van der Waals surface area contributed by atoms with Crippen LogP contribution in [-0.2, 0) is 16.1 Å². The molecule has 1 aromatic carbocycles. The molecule has 0 radical (unpaired) electrons. The van der Waals surface area contributed by atoms with Gasteiger partial charge in [-0.25, -0.2) is 13.6 Å². The van der Waals surface area contributed by atoms with Gasteiger partial charge in [0.15, 0.2) is 11.6 Å². The van der Waals surface area contributed by atoms with Gasteiger partial charge in [-0.05, 0) is 83.5 Å². The molecule has 2 aliphatic heterocycles. The zero-order valence-corrected chi connectivity index (χ0v) is 21.4. The fourth-order valence-electron chi connectivity index (χ4n) is 4.66. The summed E-state index contributed by atoms with van der Waals surface area (Å²) in [5.74, 6) is -1.86. The van der Waals surface area contributed by atoms with Gasteiger partial charge < -0.3 is 14.5 Å². The van der Waals surface area contributed by atoms with E-state index in [-0.39, 0.29) is 11.5 Å². The topological polar surface area (TPSA) is 67.3 Å². The van der Waals surface area contributed by atoms with E-state index in [4.69, 9.17) is 9.57 Å². The summed E-state index contributed by atoms with van der Waals surface area (Å²) in [5, 5.41) is 4.09. The number of piperidine rings is 1. The van der Waals surface area contributed by atoms with Gasteiger partial charge in [0.25, 0.3) is 0 Å². The lowest BCUT2D eigenvalue weighted by Crippen LogP contribution is -2.62. The van der Waals surface area contributed by atoms with E-state index < -0.39 is 17.2 Å². The average Bonchev–Trinajstić information content (AvgIpc) is 2.80. The largest absolute Gasteiger partial charge is 0.444 e. The van der Waals surface area contributed by atoms with Crippen molar-refractivity contribution in [2.24, 2.45) is 10.6 Å². The summed E-state index contributed by atoms with van der Waals surface area (Å²) in [6.07, 6.45) is 3.64. The Balaban J connectivity index is 1.33. The minimum absolute atomic E-state index is 0.199. The van der Waals surface area contributed by atoms with Crippen LogP contribution in [0, 0.1) is 17.0 Å². The summed E-state index contributed by atoms with van der Waals surface area (Å²) in [7, 11) is 0. The predicted molar refractivity (Wildman–Crippen MR) is 133 cm³/mol. The number of benzene rings is 1. The van der Waals surface area contributed by atoms with Crippen LogP contribution in [0.4, 0.5) is 13.6 Å². The van der Waals surface area contributed by atoms with Crippen LogP contribution in [-0.4, -0.2) is 65.0 Å². The second kappa shape index (κ2) is 10.5. The summed E-state index contributed by atoms with van der Waals surface area (Å²) in [6.45, 7) is 12.0. The first-order valence-electron chi connectivity index (χ1n) is 12.4. The minimum Gasteiger partial charge on any atom is -0.444 e. The number of rotatable bonds is 6. The first-order valence-corrected chi connectivity index (χ1v) is 12.4. The van der Waals surface area contributed by atoms with Crippen molar-refractivity contribution < 1.29 is 23.1 Å². The van der Waals surface area contributed by atoms with E-state index >= 15 is 0 Å². The van der Waals surface area contributed by atoms with E-state index in [2.05, 4.69) is 15.0 Å². The van der Waals surface area contributed by atoms with Crippen LogP contribution in [0.15, 0.2) is 41.7 Å². The monoisotopic (exact) mass is 500 g/mol. The molecule has 2 fully saturated rings. The molecular formula is C27H34F2N4O3. The molecule has 1 spiro atoms. The number of amides is 1. The van der Waals surface area contributed by atoms with Crippen LogP contribution >= 0.6 is 0 Å². The quantitative estimate of drug-likeness (QED) is 0.413. The molecule has 36 heavy (non-hydrogen) atoms. The summed E-state index contributed by atoms with van der Waals surface area (Å²) < 4.78 is 32.7. The highest BCUT2D eigenvalue weighted by atomic mass is 19.2. The van der Waals surface area contributed by atoms with Crippen LogP contribution in [0.25, 0.3) is 0 Å². The predicted octanol–water partition coefficient (Wildman–Crippen LogP) is 4.98. The summed E-state index contributed by atoms with van der Waals surface area (Å²) in [5.41, 5.74) is 2.04. The number of aromatic nitrogens is 1. The standard InChI is InChI=1S/C27H34F2N4O3/c1-5-35-31-24(20-7-8-21(28)22(29)14-20)23-9-6-19(15-30-23)16-32-12-10-27(11-13-32)17-33(18-27)25(34)36-26(2,3)4/h6-9,14-15H,5,10-13,16-18H2,1-4H3/b31-24+. The van der Waals surface area contributed by atoms with E-state index in [1.165, 1.54) is 6.07 Å². The molecular weight excluding hydrogens is 466 g/mol. The molecule has 2 saturated heterocycles. The number of pyridine rings is 1. The molecule has 1 aromatic heterocycles. The molecule has 2 aliphatic rings. The third-order valence-electron chi connectivity index (χ3n) is 6.57. The number of nitrogens with zero attached hydrogens (tertiary/aromatic N) is 4. The summed E-state index contributed by atoms with van der Waals surface area (Å²) >= 11 is 0. The fraction of sp³-hybridized carbons (Fsp3) is 0.519. The second-order valence-electron chi connectivity index (χ2n) is 10.7. The van der Waals surface area contributed by atoms with Gasteiger partial charge >= 0.3 is 6.09 Å². The number of ether oxygens (including phenoxy) is 1. The van der Waals surface area contributed by atoms with Crippen molar-refractivity contribution in [3.05, 3.63) is 65.0 Å². The number of carbonyl (C=O) groups is 1. The Bertz CT molecular complexity index is 1100. The Morgan fingerprint density at radius 2 is 1.83 bits per heavy atom. The van der Waals surface area contributed by atoms with Crippen molar-refractivity contribution in [2.75, 3.05) is 32.8 Å². The zero-order valence-electron chi connectivity index (χ0n) is 21.4. The maximum Gasteiger partial charge on any atom is 0.410 e. The molecule has 9 heteroatoms. The van der Waals surface area contributed by atoms with Crippen molar-refractivity contribution in [3.63, 3.8) is 0 Å². The molecule has 0 aliphatic carbocycles. The van der Waals surface area contributed by atoms with Crippen LogP contribution in [0.3, 0.4) is 0 Å². The Hall–Kier alpha value is -3.07. The van der Waals surface area contributed by atoms with Crippen molar-refractivity contribution in [2.45, 2.75) is 52.7 Å². The normalized spacial score (nSPS) is 18.2. The summed E-state index contributed by atoms with van der Waals surface area (Å²) in [6, 6.07) is 7.42. The zero-order chi connectivity index (χ0) is 25.9. The lowest BCUT2D eigenvalue weighted by atomic mass is 9.72. The molecule has 0 bridgehead atoms. The number of hydrogen-bond donors (Lipinski definition) is 0. The van der Waals surface area contributed by atoms with E-state index in [1.54, 1.807) is 18.0 Å². The molecule has 2 aromatic rings. The van der Waals surface area contributed by atoms with Crippen LogP contribution in [0.2, 0.25) is 0 Å². The van der Waals surface area contributed by atoms with Crippen molar-refractivity contribution >= 4 is 11.8 Å². The van der Waals surface area contributed by atoms with Gasteiger partial charge in [-0.2, -0.15) is 0 Å². The third kappa shape index (κ3) is 6.19. The molecule has 7 nitrogen and oxygen atoms in total. The highest BCUT2D eigenvalue weighted by Gasteiger charge is 2.47. The average molecular weight is 501 g/mol. The smallest absolute Gasteiger partial charge is 0.410 e. The van der Waals surface area contributed by atoms with Crippen molar-refractivity contribution in [1.29, 1.82) is 0 Å². The van der Waals surface area contributed by atoms with Crippen LogP contribution < -0.4 is 0 Å². The lowest BCUT2D eigenvalue weighted by Gasteiger charge is -2.53. The molecule has 0 N–H and O–H groups in total. The van der Waals surface area contributed by atoms with Crippen LogP contribution in [0.1, 0.15) is 57.4 Å². The fourth-order valence-corrected chi connectivity index (χ4v) is 4.66. The second-order valence-corrected chi connectivity index (χ2v) is 10.7. The maximum atomic E-state index is 13.8. The highest BCUT2D eigenvalue weighted by molar-refractivity contribution is 6.11. The Morgan fingerprint density at radius 1 is 1.11 bits per heavy atom. The number of halogens is 2. The van der Waals surface area contributed by atoms with E-state index in [0.29, 0.717) is 23.6 Å². The van der Waals surface area contributed by atoms with Gasteiger partial charge in [-0.3, -0.25) is 9.88 Å². The third-order valence-corrected chi connectivity index (χ3v) is 6.57. The lowest BCUT2D eigenvalue weighted by molar-refractivity contribution is -0.0601. The number of hydrogen-bond acceptors (Lipinski definition) is 6. The van der Waals surface area contributed by atoms with Gasteiger partial charge in [0, 0.05) is 36.8 Å². The summed E-state index contributed by atoms with van der Waals surface area (Å²) in [4.78, 5) is 26.2. The number of likely N-dealkylation sites (tertiary alicyclic amines) is 2. The number of carbonyl (C=O) groups excluding carboxylic acids is 1. The van der Waals surface area contributed by atoms with Gasteiger partial charge in [0.05, 0.1) is 5.69 Å². The van der Waals surface area contributed by atoms with Crippen molar-refractivity contribution in [1.82, 2.24) is 14.8 Å². The molecule has 0 atom stereocenters. The SMILES string of the molecule is CCO/N=C(\c1ccc(F)c(F)c1)c1ccc(CN2CCC3(CC2)CN(C(=O)OC(C)(C)C)C3)cn1. The molecule has 0 unspecified atom stereocenters. The Morgan fingerprint density at radius 3 is 2.42 bits per heavy atom. The molecule has 4 rings (SSSR count). The highest BCUT2D eigenvalue weighted by Crippen LogP contribution is 2.41. The first-order chi connectivity index (χ1) is 17.1. The van der Waals surface area contributed by atoms with Gasteiger partial charge in [0.2, 0.25) is 0 Å². The molecule has 0 saturated carbocycles. The van der Waals surface area contributed by atoms with Gasteiger partial charge in [-0.1, -0.05) is 11.2 Å². The Labute approximate surface area is 211 Å². The van der Waals surface area contributed by atoms with Crippen molar-refractivity contribution in [3.8, 4) is 0 Å².